The van der Waals surface area contributed by atoms with Gasteiger partial charge in [0.05, 0.1) is 11.1 Å². The van der Waals surface area contributed by atoms with Crippen LogP contribution in [0.3, 0.4) is 0 Å². The third-order valence-corrected chi connectivity index (χ3v) is 4.23. The van der Waals surface area contributed by atoms with Crippen LogP contribution in [0.4, 0.5) is 0 Å². The number of esters is 1. The van der Waals surface area contributed by atoms with Gasteiger partial charge in [-0.3, -0.25) is 14.6 Å². The molecule has 0 spiro atoms. The molecule has 7 nitrogen and oxygen atoms in total. The zero-order chi connectivity index (χ0) is 20.0. The second-order valence-electron chi connectivity index (χ2n) is 6.19. The smallest absolute Gasteiger partial charge is 0.339 e. The van der Waals surface area contributed by atoms with Gasteiger partial charge in [0.15, 0.2) is 6.61 Å². The van der Waals surface area contributed by atoms with E-state index in [1.807, 2.05) is 38.1 Å². The van der Waals surface area contributed by atoms with Gasteiger partial charge in [0, 0.05) is 17.6 Å². The van der Waals surface area contributed by atoms with Gasteiger partial charge in [0.1, 0.15) is 6.04 Å². The molecule has 2 N–H and O–H groups in total. The Hall–Kier alpha value is -2.96. The molecule has 1 aromatic carbocycles. The van der Waals surface area contributed by atoms with Gasteiger partial charge in [-0.15, -0.1) is 0 Å². The van der Waals surface area contributed by atoms with Crippen LogP contribution in [0.15, 0.2) is 24.3 Å². The molecule has 2 aromatic rings. The van der Waals surface area contributed by atoms with E-state index < -0.39 is 24.5 Å². The number of ether oxygens (including phenoxy) is 1. The molecule has 27 heavy (non-hydrogen) atoms. The number of amides is 2. The van der Waals surface area contributed by atoms with Crippen LogP contribution in [-0.2, 0) is 20.7 Å². The highest BCUT2D eigenvalue weighted by atomic mass is 16.5. The van der Waals surface area contributed by atoms with Crippen molar-refractivity contribution >= 4 is 28.7 Å². The summed E-state index contributed by atoms with van der Waals surface area (Å²) in [6.07, 6.45) is 0.682. The minimum atomic E-state index is -0.702. The summed E-state index contributed by atoms with van der Waals surface area (Å²) >= 11 is 0. The van der Waals surface area contributed by atoms with Crippen molar-refractivity contribution in [2.75, 3.05) is 13.2 Å². The monoisotopic (exact) mass is 371 g/mol. The summed E-state index contributed by atoms with van der Waals surface area (Å²) in [4.78, 5) is 40.9. The van der Waals surface area contributed by atoms with E-state index in [0.29, 0.717) is 29.4 Å². The Labute approximate surface area is 158 Å². The molecular weight excluding hydrogens is 346 g/mol. The molecule has 0 saturated carbocycles. The fourth-order valence-corrected chi connectivity index (χ4v) is 2.84. The molecule has 0 radical (unpaired) electrons. The van der Waals surface area contributed by atoms with Gasteiger partial charge in [-0.05, 0) is 38.8 Å². The van der Waals surface area contributed by atoms with E-state index in [0.717, 1.165) is 11.3 Å². The summed E-state index contributed by atoms with van der Waals surface area (Å²) < 4.78 is 5.21. The van der Waals surface area contributed by atoms with E-state index in [2.05, 4.69) is 15.6 Å². The van der Waals surface area contributed by atoms with E-state index in [4.69, 9.17) is 4.74 Å². The molecule has 1 aromatic heterocycles. The lowest BCUT2D eigenvalue weighted by molar-refractivity contribution is -0.130. The van der Waals surface area contributed by atoms with Crippen LogP contribution in [-0.4, -0.2) is 42.0 Å². The van der Waals surface area contributed by atoms with Gasteiger partial charge in [0.25, 0.3) is 5.91 Å². The molecule has 1 atom stereocenters. The van der Waals surface area contributed by atoms with Crippen molar-refractivity contribution in [2.45, 2.75) is 40.2 Å². The molecule has 2 amide bonds. The molecule has 0 bridgehead atoms. The summed E-state index contributed by atoms with van der Waals surface area (Å²) in [5.74, 6) is -1.41. The fraction of sp³-hybridized carbons (Fsp3) is 0.400. The molecule has 1 heterocycles. The molecule has 0 fully saturated rings. The zero-order valence-electron chi connectivity index (χ0n) is 16.1. The highest BCUT2D eigenvalue weighted by Gasteiger charge is 2.20. The van der Waals surface area contributed by atoms with E-state index in [-0.39, 0.29) is 5.91 Å². The Bertz CT molecular complexity index is 864. The number of benzene rings is 1. The average molecular weight is 371 g/mol. The number of carbonyl (C=O) groups is 3. The van der Waals surface area contributed by atoms with Crippen molar-refractivity contribution in [3.63, 3.8) is 0 Å². The number of pyridine rings is 1. The lowest BCUT2D eigenvalue weighted by atomic mass is 10.0. The molecule has 0 aliphatic carbocycles. The number of aromatic nitrogens is 1. The third-order valence-electron chi connectivity index (χ3n) is 4.23. The normalized spacial score (nSPS) is 11.7. The molecule has 2 rings (SSSR count). The van der Waals surface area contributed by atoms with Crippen LogP contribution in [0.25, 0.3) is 10.9 Å². The Kier molecular flexibility index (Phi) is 6.87. The number of rotatable bonds is 7. The van der Waals surface area contributed by atoms with Crippen LogP contribution in [0.2, 0.25) is 0 Å². The average Bonchev–Trinajstić information content (AvgIpc) is 2.65. The van der Waals surface area contributed by atoms with Gasteiger partial charge in [0.2, 0.25) is 5.91 Å². The topological polar surface area (TPSA) is 97.4 Å². The first-order chi connectivity index (χ1) is 12.9. The highest BCUT2D eigenvalue weighted by molar-refractivity contribution is 6.05. The first kappa shape index (κ1) is 20.4. The molecule has 7 heteroatoms. The van der Waals surface area contributed by atoms with Crippen LogP contribution in [0, 0.1) is 6.92 Å². The van der Waals surface area contributed by atoms with Crippen LogP contribution < -0.4 is 10.6 Å². The van der Waals surface area contributed by atoms with E-state index >= 15 is 0 Å². The number of nitrogens with zero attached hydrogens (tertiary/aromatic N) is 1. The van der Waals surface area contributed by atoms with Crippen molar-refractivity contribution in [3.8, 4) is 0 Å². The number of hydrogen-bond acceptors (Lipinski definition) is 5. The highest BCUT2D eigenvalue weighted by Crippen LogP contribution is 2.24. The van der Waals surface area contributed by atoms with Crippen molar-refractivity contribution in [1.82, 2.24) is 15.6 Å². The number of aryl methyl sites for hydroxylation is 1. The molecule has 0 saturated heterocycles. The summed E-state index contributed by atoms with van der Waals surface area (Å²) in [7, 11) is 0. The zero-order valence-corrected chi connectivity index (χ0v) is 16.1. The Balaban J connectivity index is 2.13. The van der Waals surface area contributed by atoms with Crippen molar-refractivity contribution in [1.29, 1.82) is 0 Å². The first-order valence-electron chi connectivity index (χ1n) is 9.01. The minimum Gasteiger partial charge on any atom is -0.452 e. The van der Waals surface area contributed by atoms with Gasteiger partial charge in [-0.2, -0.15) is 0 Å². The number of fused-ring (bicyclic) bond motifs is 1. The quantitative estimate of drug-likeness (QED) is 0.725. The number of hydrogen-bond donors (Lipinski definition) is 2. The Morgan fingerprint density at radius 1 is 1.19 bits per heavy atom. The van der Waals surface area contributed by atoms with Gasteiger partial charge < -0.3 is 15.4 Å². The SMILES string of the molecule is CCNC(=O)[C@H](C)NC(=O)COC(=O)c1c(C)c(CC)nc2ccccc12. The Morgan fingerprint density at radius 2 is 1.89 bits per heavy atom. The molecule has 0 unspecified atom stereocenters. The second kappa shape index (κ2) is 9.12. The van der Waals surface area contributed by atoms with Crippen molar-refractivity contribution in [3.05, 3.63) is 41.1 Å². The summed E-state index contributed by atoms with van der Waals surface area (Å²) in [5, 5.41) is 5.81. The second-order valence-corrected chi connectivity index (χ2v) is 6.19. The summed E-state index contributed by atoms with van der Waals surface area (Å²) in [6.45, 7) is 7.17. The lowest BCUT2D eigenvalue weighted by Gasteiger charge is -2.15. The van der Waals surface area contributed by atoms with Crippen LogP contribution >= 0.6 is 0 Å². The number of likely N-dealkylation sites (N-methyl/N-ethyl adjacent to an activating group) is 1. The minimum absolute atomic E-state index is 0.291. The lowest BCUT2D eigenvalue weighted by Crippen LogP contribution is -2.46. The van der Waals surface area contributed by atoms with Crippen LogP contribution in [0.1, 0.15) is 42.4 Å². The predicted octanol–water partition coefficient (Wildman–Crippen LogP) is 1.90. The number of carbonyl (C=O) groups excluding carboxylic acids is 3. The van der Waals surface area contributed by atoms with E-state index in [1.54, 1.807) is 13.8 Å². The predicted molar refractivity (Wildman–Crippen MR) is 102 cm³/mol. The van der Waals surface area contributed by atoms with Crippen molar-refractivity contribution in [2.24, 2.45) is 0 Å². The first-order valence-corrected chi connectivity index (χ1v) is 9.01. The molecule has 0 aliphatic heterocycles. The Morgan fingerprint density at radius 3 is 2.56 bits per heavy atom. The number of para-hydroxylation sites is 1. The van der Waals surface area contributed by atoms with Crippen molar-refractivity contribution < 1.29 is 19.1 Å². The van der Waals surface area contributed by atoms with E-state index in [9.17, 15) is 14.4 Å². The third kappa shape index (κ3) is 4.81. The maximum Gasteiger partial charge on any atom is 0.339 e. The summed E-state index contributed by atoms with van der Waals surface area (Å²) in [6, 6.07) is 6.63. The standard InChI is InChI=1S/C20H25N3O4/c1-5-15-12(3)18(14-9-7-8-10-16(14)23-15)20(26)27-11-17(24)22-13(4)19(25)21-6-2/h7-10,13H,5-6,11H2,1-4H3,(H,21,25)(H,22,24)/t13-/m0/s1. The maximum atomic E-state index is 12.7. The molecule has 144 valence electrons. The molecular formula is C20H25N3O4. The van der Waals surface area contributed by atoms with Gasteiger partial charge >= 0.3 is 5.97 Å². The summed E-state index contributed by atoms with van der Waals surface area (Å²) in [5.41, 5.74) is 2.69. The van der Waals surface area contributed by atoms with Crippen LogP contribution in [0.5, 0.6) is 0 Å². The number of nitrogens with one attached hydrogen (secondary N) is 2. The van der Waals surface area contributed by atoms with Gasteiger partial charge in [-0.25, -0.2) is 4.79 Å². The molecule has 0 aliphatic rings. The maximum absolute atomic E-state index is 12.7. The fourth-order valence-electron chi connectivity index (χ4n) is 2.84. The van der Waals surface area contributed by atoms with Gasteiger partial charge in [-0.1, -0.05) is 25.1 Å². The van der Waals surface area contributed by atoms with E-state index in [1.165, 1.54) is 0 Å². The largest absolute Gasteiger partial charge is 0.452 e.